The van der Waals surface area contributed by atoms with Crippen LogP contribution in [0, 0.1) is 6.92 Å². The maximum absolute atomic E-state index is 13.7. The van der Waals surface area contributed by atoms with Gasteiger partial charge < -0.3 is 29.3 Å². The van der Waals surface area contributed by atoms with Crippen LogP contribution in [0.25, 0.3) is 11.4 Å². The number of carbonyl (C=O) groups is 1. The summed E-state index contributed by atoms with van der Waals surface area (Å²) in [7, 11) is 4.71. The van der Waals surface area contributed by atoms with Crippen molar-refractivity contribution in [2.75, 3.05) is 32.0 Å². The Morgan fingerprint density at radius 3 is 2.43 bits per heavy atom. The predicted octanol–water partition coefficient (Wildman–Crippen LogP) is 4.80. The lowest BCUT2D eigenvalue weighted by Crippen LogP contribution is -2.31. The van der Waals surface area contributed by atoms with Gasteiger partial charge in [-0.2, -0.15) is 4.98 Å². The minimum atomic E-state index is -0.652. The van der Waals surface area contributed by atoms with E-state index in [-0.39, 0.29) is 5.91 Å². The van der Waals surface area contributed by atoms with Gasteiger partial charge in [0.2, 0.25) is 5.95 Å². The predicted molar refractivity (Wildman–Crippen MR) is 138 cm³/mol. The minimum absolute atomic E-state index is 0.317. The molecule has 37 heavy (non-hydrogen) atoms. The Kier molecular flexibility index (Phi) is 6.31. The molecule has 5 rings (SSSR count). The summed E-state index contributed by atoms with van der Waals surface area (Å²) in [5, 5.41) is 11.0. The molecule has 0 aliphatic carbocycles. The number of carbonyl (C=O) groups excluding carboxylic acids is 1. The van der Waals surface area contributed by atoms with Crippen molar-refractivity contribution in [1.82, 2.24) is 14.8 Å². The van der Waals surface area contributed by atoms with Crippen LogP contribution in [0.3, 0.4) is 0 Å². The number of amides is 1. The third kappa shape index (κ3) is 4.37. The lowest BCUT2D eigenvalue weighted by atomic mass is 10.00. The summed E-state index contributed by atoms with van der Waals surface area (Å²) in [6, 6.07) is 15.7. The molecule has 0 fully saturated rings. The first-order valence-corrected chi connectivity index (χ1v) is 11.6. The number of anilines is 2. The van der Waals surface area contributed by atoms with Crippen LogP contribution in [0.5, 0.6) is 17.2 Å². The Balaban J connectivity index is 1.58. The van der Waals surface area contributed by atoms with Crippen LogP contribution >= 0.6 is 0 Å². The molecule has 1 unspecified atom stereocenters. The fourth-order valence-electron chi connectivity index (χ4n) is 4.34. The van der Waals surface area contributed by atoms with Gasteiger partial charge in [0.05, 0.1) is 32.6 Å². The number of aryl methyl sites for hydroxylation is 1. The Morgan fingerprint density at radius 2 is 1.73 bits per heavy atom. The van der Waals surface area contributed by atoms with Gasteiger partial charge in [0, 0.05) is 11.3 Å². The van der Waals surface area contributed by atoms with Crippen molar-refractivity contribution in [3.63, 3.8) is 0 Å². The average molecular weight is 502 g/mol. The summed E-state index contributed by atoms with van der Waals surface area (Å²) in [5.41, 5.74) is 2.36. The van der Waals surface area contributed by atoms with E-state index in [9.17, 15) is 4.79 Å². The van der Waals surface area contributed by atoms with Crippen LogP contribution in [-0.2, 0) is 4.79 Å². The van der Waals surface area contributed by atoms with Gasteiger partial charge in [-0.05, 0) is 56.3 Å². The molecule has 0 radical (unpaired) electrons. The smallest absolute Gasteiger partial charge is 0.256 e. The monoisotopic (exact) mass is 501 g/mol. The number of nitrogens with zero attached hydrogens (tertiary/aromatic N) is 3. The van der Waals surface area contributed by atoms with Crippen molar-refractivity contribution >= 4 is 17.5 Å². The molecule has 0 bridgehead atoms. The minimum Gasteiger partial charge on any atom is -0.495 e. The van der Waals surface area contributed by atoms with Gasteiger partial charge in [-0.15, -0.1) is 5.10 Å². The highest BCUT2D eigenvalue weighted by atomic mass is 16.5. The maximum Gasteiger partial charge on any atom is 0.256 e. The third-order valence-corrected chi connectivity index (χ3v) is 6.12. The largest absolute Gasteiger partial charge is 0.495 e. The zero-order valence-electron chi connectivity index (χ0n) is 21.2. The Hall–Kier alpha value is -4.73. The number of hydrogen-bond acceptors (Lipinski definition) is 8. The quantitative estimate of drug-likeness (QED) is 0.371. The molecule has 3 heterocycles. The highest BCUT2D eigenvalue weighted by molar-refractivity contribution is 6.06. The van der Waals surface area contributed by atoms with E-state index in [0.717, 1.165) is 11.3 Å². The fraction of sp³-hybridized carbons (Fsp3) is 0.222. The van der Waals surface area contributed by atoms with Crippen molar-refractivity contribution in [3.05, 3.63) is 77.4 Å². The lowest BCUT2D eigenvalue weighted by Gasteiger charge is -2.27. The molecule has 1 atom stereocenters. The first kappa shape index (κ1) is 24.0. The number of benzene rings is 2. The summed E-state index contributed by atoms with van der Waals surface area (Å²) in [5.74, 6) is 3.62. The molecule has 1 aliphatic heterocycles. The van der Waals surface area contributed by atoms with Crippen molar-refractivity contribution in [2.24, 2.45) is 0 Å². The van der Waals surface area contributed by atoms with E-state index in [1.165, 1.54) is 0 Å². The van der Waals surface area contributed by atoms with E-state index in [1.807, 2.05) is 50.2 Å². The molecule has 0 saturated heterocycles. The van der Waals surface area contributed by atoms with Gasteiger partial charge >= 0.3 is 0 Å². The number of fused-ring (bicyclic) bond motifs is 1. The second-order valence-electron chi connectivity index (χ2n) is 8.44. The van der Waals surface area contributed by atoms with Crippen LogP contribution in [-0.4, -0.2) is 42.0 Å². The van der Waals surface area contributed by atoms with Crippen molar-refractivity contribution in [2.45, 2.75) is 19.9 Å². The summed E-state index contributed by atoms with van der Waals surface area (Å²) >= 11 is 0. The van der Waals surface area contributed by atoms with Crippen molar-refractivity contribution in [3.8, 4) is 28.6 Å². The van der Waals surface area contributed by atoms with Crippen LogP contribution in [0.15, 0.2) is 70.3 Å². The van der Waals surface area contributed by atoms with Crippen molar-refractivity contribution < 1.29 is 23.4 Å². The third-order valence-electron chi connectivity index (χ3n) is 6.12. The summed E-state index contributed by atoms with van der Waals surface area (Å²) in [4.78, 5) is 18.4. The fourth-order valence-corrected chi connectivity index (χ4v) is 4.34. The molecule has 2 aromatic heterocycles. The van der Waals surface area contributed by atoms with E-state index < -0.39 is 6.04 Å². The van der Waals surface area contributed by atoms with Crippen LogP contribution < -0.4 is 24.8 Å². The SMILES string of the molecule is COc1ccccc1NC(=O)C1=C(C)Nc2nc(-c3ccc(OC)c(OC)c3)nn2C1c1ccc(C)o1. The van der Waals surface area contributed by atoms with E-state index in [0.29, 0.717) is 51.7 Å². The number of allylic oxidation sites excluding steroid dienone is 1. The first-order valence-electron chi connectivity index (χ1n) is 11.6. The number of furan rings is 1. The van der Waals surface area contributed by atoms with E-state index in [1.54, 1.807) is 44.2 Å². The molecule has 2 N–H and O–H groups in total. The number of para-hydroxylation sites is 2. The van der Waals surface area contributed by atoms with Crippen LogP contribution in [0.4, 0.5) is 11.6 Å². The molecule has 4 aromatic rings. The number of hydrogen-bond donors (Lipinski definition) is 2. The number of ether oxygens (including phenoxy) is 3. The summed E-state index contributed by atoms with van der Waals surface area (Å²) < 4.78 is 23.9. The normalized spacial score (nSPS) is 14.6. The lowest BCUT2D eigenvalue weighted by molar-refractivity contribution is -0.113. The van der Waals surface area contributed by atoms with Gasteiger partial charge in [-0.3, -0.25) is 4.79 Å². The van der Waals surface area contributed by atoms with E-state index in [4.69, 9.17) is 28.7 Å². The second-order valence-corrected chi connectivity index (χ2v) is 8.44. The van der Waals surface area contributed by atoms with Crippen LogP contribution in [0.2, 0.25) is 0 Å². The molecular weight excluding hydrogens is 474 g/mol. The van der Waals surface area contributed by atoms with Crippen molar-refractivity contribution in [1.29, 1.82) is 0 Å². The molecule has 190 valence electrons. The zero-order valence-corrected chi connectivity index (χ0v) is 21.2. The van der Waals surface area contributed by atoms with Gasteiger partial charge in [0.15, 0.2) is 17.3 Å². The van der Waals surface area contributed by atoms with E-state index >= 15 is 0 Å². The molecule has 0 spiro atoms. The Morgan fingerprint density at radius 1 is 0.973 bits per heavy atom. The van der Waals surface area contributed by atoms with Gasteiger partial charge in [-0.1, -0.05) is 12.1 Å². The molecular formula is C27H27N5O5. The summed E-state index contributed by atoms with van der Waals surface area (Å²) in [6.07, 6.45) is 0. The molecule has 10 nitrogen and oxygen atoms in total. The Labute approximate surface area is 213 Å². The first-order chi connectivity index (χ1) is 17.9. The highest BCUT2D eigenvalue weighted by Gasteiger charge is 2.36. The standard InChI is InChI=1S/C27H27N5O5/c1-15-10-12-21(37-15)24-23(26(33)29-18-8-6-7-9-19(18)34-3)16(2)28-27-30-25(31-32(24)27)17-11-13-20(35-4)22(14-17)36-5/h6-14,24H,1-5H3,(H,29,33)(H,28,30,31). The number of methoxy groups -OCH3 is 3. The molecule has 1 aliphatic rings. The highest BCUT2D eigenvalue weighted by Crippen LogP contribution is 2.39. The molecule has 1 amide bonds. The topological polar surface area (TPSA) is 113 Å². The number of rotatable bonds is 7. The van der Waals surface area contributed by atoms with Crippen LogP contribution in [0.1, 0.15) is 24.5 Å². The maximum atomic E-state index is 13.7. The Bertz CT molecular complexity index is 1500. The average Bonchev–Trinajstić information content (AvgIpc) is 3.53. The van der Waals surface area contributed by atoms with Gasteiger partial charge in [0.25, 0.3) is 5.91 Å². The second kappa shape index (κ2) is 9.73. The molecule has 2 aromatic carbocycles. The molecule has 10 heteroatoms. The number of aromatic nitrogens is 3. The van der Waals surface area contributed by atoms with Gasteiger partial charge in [-0.25, -0.2) is 4.68 Å². The van der Waals surface area contributed by atoms with E-state index in [2.05, 4.69) is 10.6 Å². The summed E-state index contributed by atoms with van der Waals surface area (Å²) in [6.45, 7) is 3.68. The molecule has 0 saturated carbocycles. The number of nitrogens with one attached hydrogen (secondary N) is 2. The zero-order chi connectivity index (χ0) is 26.1. The van der Waals surface area contributed by atoms with Gasteiger partial charge in [0.1, 0.15) is 23.3 Å².